The molecule has 2 heterocycles. The molecule has 0 fully saturated rings. The van der Waals surface area contributed by atoms with E-state index in [9.17, 15) is 4.79 Å². The second-order valence-electron chi connectivity index (χ2n) is 5.69. The summed E-state index contributed by atoms with van der Waals surface area (Å²) in [5.41, 5.74) is 3.44. The van der Waals surface area contributed by atoms with E-state index in [1.807, 2.05) is 31.3 Å². The highest BCUT2D eigenvalue weighted by molar-refractivity contribution is 14.1. The first-order valence-electron chi connectivity index (χ1n) is 8.14. The Morgan fingerprint density at radius 2 is 2.11 bits per heavy atom. The molecule has 9 heteroatoms. The molecule has 1 aromatic carbocycles. The summed E-state index contributed by atoms with van der Waals surface area (Å²) in [4.78, 5) is 20.8. The zero-order valence-electron chi connectivity index (χ0n) is 15.2. The average molecular weight is 478 g/mol. The number of methoxy groups -OCH3 is 1. The van der Waals surface area contributed by atoms with Crippen molar-refractivity contribution in [3.05, 3.63) is 48.0 Å². The highest BCUT2D eigenvalue weighted by Crippen LogP contribution is 2.37. The van der Waals surface area contributed by atoms with Gasteiger partial charge < -0.3 is 15.4 Å². The molecule has 3 rings (SSSR count). The molecule has 0 aliphatic rings. The number of carbonyl (C=O) groups excluding carboxylic acids is 1. The van der Waals surface area contributed by atoms with E-state index in [4.69, 9.17) is 4.74 Å². The van der Waals surface area contributed by atoms with Gasteiger partial charge in [-0.15, -0.1) is 0 Å². The molecule has 0 saturated carbocycles. The van der Waals surface area contributed by atoms with Crippen molar-refractivity contribution < 1.29 is 9.53 Å². The van der Waals surface area contributed by atoms with Gasteiger partial charge in [-0.05, 0) is 18.2 Å². The second kappa shape index (κ2) is 8.33. The number of nitrogens with one attached hydrogen (secondary N) is 2. The smallest absolute Gasteiger partial charge is 0.254 e. The molecule has 3 aromatic rings. The van der Waals surface area contributed by atoms with Crippen LogP contribution in [0.2, 0.25) is 0 Å². The summed E-state index contributed by atoms with van der Waals surface area (Å²) in [7, 11) is 4.99. The number of carbonyl (C=O) groups is 1. The van der Waals surface area contributed by atoms with Gasteiger partial charge in [0, 0.05) is 24.7 Å². The molecule has 0 spiro atoms. The zero-order chi connectivity index (χ0) is 19.4. The Balaban J connectivity index is 2.07. The number of benzene rings is 1. The van der Waals surface area contributed by atoms with Crippen molar-refractivity contribution in [3.63, 3.8) is 0 Å². The Kier molecular flexibility index (Phi) is 5.89. The van der Waals surface area contributed by atoms with Crippen LogP contribution in [0.1, 0.15) is 16.1 Å². The quantitative estimate of drug-likeness (QED) is 0.418. The standard InChI is InChI=1S/C18H19IN6O2/c1-20-18(26)13-9-21-11(8-19)7-15(13)23-14-6-4-5-12(16(14)27-3)17-22-10-25(2)24-17/h4-7,9-10H,8H2,1-3H3,(H,20,26)(H,21,23). The fourth-order valence-corrected chi connectivity index (χ4v) is 3.05. The second-order valence-corrected chi connectivity index (χ2v) is 6.45. The number of hydrogen-bond donors (Lipinski definition) is 2. The average Bonchev–Trinajstić information content (AvgIpc) is 3.13. The van der Waals surface area contributed by atoms with Crippen LogP contribution < -0.4 is 15.4 Å². The van der Waals surface area contributed by atoms with Crippen molar-refractivity contribution in [2.45, 2.75) is 4.43 Å². The van der Waals surface area contributed by atoms with Crippen LogP contribution in [0.4, 0.5) is 11.4 Å². The van der Waals surface area contributed by atoms with E-state index >= 15 is 0 Å². The summed E-state index contributed by atoms with van der Waals surface area (Å²) >= 11 is 2.23. The third kappa shape index (κ3) is 4.02. The first kappa shape index (κ1) is 19.1. The minimum atomic E-state index is -0.216. The van der Waals surface area contributed by atoms with Gasteiger partial charge in [-0.25, -0.2) is 4.98 Å². The molecule has 2 N–H and O–H groups in total. The summed E-state index contributed by atoms with van der Waals surface area (Å²) in [5.74, 6) is 0.943. The molecule has 0 aliphatic heterocycles. The number of ether oxygens (including phenoxy) is 1. The molecule has 27 heavy (non-hydrogen) atoms. The number of aryl methyl sites for hydroxylation is 1. The predicted octanol–water partition coefficient (Wildman–Crippen LogP) is 2.92. The van der Waals surface area contributed by atoms with Crippen LogP contribution in [-0.4, -0.2) is 39.8 Å². The number of hydrogen-bond acceptors (Lipinski definition) is 6. The van der Waals surface area contributed by atoms with Gasteiger partial charge >= 0.3 is 0 Å². The van der Waals surface area contributed by atoms with Gasteiger partial charge in [0.2, 0.25) is 0 Å². The topological polar surface area (TPSA) is 94.0 Å². The lowest BCUT2D eigenvalue weighted by Crippen LogP contribution is -2.19. The van der Waals surface area contributed by atoms with Crippen molar-refractivity contribution in [3.8, 4) is 17.1 Å². The van der Waals surface area contributed by atoms with Crippen molar-refractivity contribution in [1.29, 1.82) is 0 Å². The highest BCUT2D eigenvalue weighted by Gasteiger charge is 2.17. The molecule has 0 bridgehead atoms. The number of aromatic nitrogens is 4. The Labute approximate surface area is 170 Å². The Morgan fingerprint density at radius 3 is 2.74 bits per heavy atom. The van der Waals surface area contributed by atoms with Gasteiger partial charge in [-0.2, -0.15) is 5.10 Å². The lowest BCUT2D eigenvalue weighted by molar-refractivity contribution is 0.0963. The fraction of sp³-hybridized carbons (Fsp3) is 0.222. The maximum absolute atomic E-state index is 12.2. The summed E-state index contributed by atoms with van der Waals surface area (Å²) in [6.07, 6.45) is 3.21. The SMILES string of the molecule is CNC(=O)c1cnc(CI)cc1Nc1cccc(-c2ncn(C)n2)c1OC. The molecule has 0 radical (unpaired) electrons. The first-order valence-corrected chi connectivity index (χ1v) is 9.67. The Bertz CT molecular complexity index is 972. The highest BCUT2D eigenvalue weighted by atomic mass is 127. The molecule has 8 nitrogen and oxygen atoms in total. The maximum atomic E-state index is 12.2. The predicted molar refractivity (Wildman–Crippen MR) is 112 cm³/mol. The van der Waals surface area contributed by atoms with E-state index < -0.39 is 0 Å². The third-order valence-corrected chi connectivity index (χ3v) is 4.68. The number of nitrogens with zero attached hydrogens (tertiary/aromatic N) is 4. The van der Waals surface area contributed by atoms with Crippen LogP contribution >= 0.6 is 22.6 Å². The van der Waals surface area contributed by atoms with Crippen molar-refractivity contribution >= 4 is 39.9 Å². The van der Waals surface area contributed by atoms with E-state index in [1.54, 1.807) is 31.4 Å². The molecule has 140 valence electrons. The van der Waals surface area contributed by atoms with Crippen LogP contribution in [-0.2, 0) is 11.5 Å². The lowest BCUT2D eigenvalue weighted by atomic mass is 10.1. The number of alkyl halides is 1. The van der Waals surface area contributed by atoms with Crippen LogP contribution in [0.5, 0.6) is 5.75 Å². The van der Waals surface area contributed by atoms with Gasteiger partial charge in [-0.3, -0.25) is 14.5 Å². The van der Waals surface area contributed by atoms with Gasteiger partial charge in [0.25, 0.3) is 5.91 Å². The third-order valence-electron chi connectivity index (χ3n) is 3.90. The Morgan fingerprint density at radius 1 is 1.30 bits per heavy atom. The summed E-state index contributed by atoms with van der Waals surface area (Å²) in [6.45, 7) is 0. The lowest BCUT2D eigenvalue weighted by Gasteiger charge is -2.16. The molecule has 0 saturated heterocycles. The van der Waals surface area contributed by atoms with Crippen LogP contribution in [0.25, 0.3) is 11.4 Å². The molecule has 0 atom stereocenters. The molecule has 1 amide bonds. The molecule has 0 aliphatic carbocycles. The number of anilines is 2. The number of rotatable bonds is 6. The van der Waals surface area contributed by atoms with Crippen molar-refractivity contribution in [2.24, 2.45) is 7.05 Å². The normalized spacial score (nSPS) is 10.5. The van der Waals surface area contributed by atoms with Crippen LogP contribution in [0.15, 0.2) is 36.8 Å². The maximum Gasteiger partial charge on any atom is 0.254 e. The minimum absolute atomic E-state index is 0.216. The van der Waals surface area contributed by atoms with E-state index in [0.29, 0.717) is 28.5 Å². The van der Waals surface area contributed by atoms with Crippen LogP contribution in [0.3, 0.4) is 0 Å². The van der Waals surface area contributed by atoms with Crippen LogP contribution in [0, 0.1) is 0 Å². The fourth-order valence-electron chi connectivity index (χ4n) is 2.63. The van der Waals surface area contributed by atoms with E-state index in [0.717, 1.165) is 15.7 Å². The summed E-state index contributed by atoms with van der Waals surface area (Å²) < 4.78 is 7.99. The van der Waals surface area contributed by atoms with Gasteiger partial charge in [0.15, 0.2) is 11.6 Å². The van der Waals surface area contributed by atoms with Gasteiger partial charge in [0.05, 0.1) is 35.3 Å². The minimum Gasteiger partial charge on any atom is -0.494 e. The van der Waals surface area contributed by atoms with E-state index in [-0.39, 0.29) is 5.91 Å². The first-order chi connectivity index (χ1) is 13.1. The summed E-state index contributed by atoms with van der Waals surface area (Å²) in [5, 5.41) is 10.3. The van der Waals surface area contributed by atoms with E-state index in [2.05, 4.69) is 48.3 Å². The molecule has 2 aromatic heterocycles. The molecular formula is C18H19IN6O2. The van der Waals surface area contributed by atoms with Gasteiger partial charge in [0.1, 0.15) is 6.33 Å². The monoisotopic (exact) mass is 478 g/mol. The van der Waals surface area contributed by atoms with Crippen molar-refractivity contribution in [2.75, 3.05) is 19.5 Å². The number of amides is 1. The summed E-state index contributed by atoms with van der Waals surface area (Å²) in [6, 6.07) is 7.52. The van der Waals surface area contributed by atoms with Crippen molar-refractivity contribution in [1.82, 2.24) is 25.1 Å². The Hall–Kier alpha value is -2.69. The number of para-hydroxylation sites is 1. The zero-order valence-corrected chi connectivity index (χ0v) is 17.3. The molecular weight excluding hydrogens is 459 g/mol. The largest absolute Gasteiger partial charge is 0.494 e. The van der Waals surface area contributed by atoms with E-state index in [1.165, 1.54) is 0 Å². The van der Waals surface area contributed by atoms with Gasteiger partial charge in [-0.1, -0.05) is 28.7 Å². The number of pyridine rings is 1. The molecule has 0 unspecified atom stereocenters. The number of halogens is 1.